The molecule has 82 valence electrons. The minimum absolute atomic E-state index is 0.166. The predicted octanol–water partition coefficient (Wildman–Crippen LogP) is 0.879. The molecule has 0 fully saturated rings. The molecule has 0 aliphatic heterocycles. The summed E-state index contributed by atoms with van der Waals surface area (Å²) < 4.78 is 0. The van der Waals surface area contributed by atoms with Gasteiger partial charge in [-0.1, -0.05) is 6.07 Å². The van der Waals surface area contributed by atoms with Crippen LogP contribution in [0.25, 0.3) is 0 Å². The number of carboxylic acid groups (broad SMARTS) is 1. The number of carbonyl (C=O) groups is 1. The minimum Gasteiger partial charge on any atom is -0.481 e. The zero-order chi connectivity index (χ0) is 11.1. The molecule has 3 N–H and O–H groups in total. The summed E-state index contributed by atoms with van der Waals surface area (Å²) in [7, 11) is 0. The Bertz CT molecular complexity index is 328. The fourth-order valence-electron chi connectivity index (χ4n) is 1.25. The van der Waals surface area contributed by atoms with Crippen LogP contribution in [-0.2, 0) is 22.7 Å². The number of aromatic nitrogens is 1. The lowest BCUT2D eigenvalue weighted by molar-refractivity contribution is -0.137. The first-order valence-electron chi connectivity index (χ1n) is 4.70. The van der Waals surface area contributed by atoms with Crippen molar-refractivity contribution >= 4 is 5.97 Å². The molecule has 1 aromatic rings. The summed E-state index contributed by atoms with van der Waals surface area (Å²) in [6.45, 7) is 0.271. The summed E-state index contributed by atoms with van der Waals surface area (Å²) in [6.07, 6.45) is 1.42. The molecule has 0 amide bonds. The number of hydrogen-bond donors (Lipinski definition) is 2. The van der Waals surface area contributed by atoms with Gasteiger partial charge in [-0.05, 0) is 25.0 Å². The van der Waals surface area contributed by atoms with Gasteiger partial charge in [-0.2, -0.15) is 0 Å². The second kappa shape index (κ2) is 6.10. The number of carboxylic acids is 1. The van der Waals surface area contributed by atoms with Crippen molar-refractivity contribution in [1.29, 1.82) is 0 Å². The van der Waals surface area contributed by atoms with E-state index in [0.29, 0.717) is 12.8 Å². The van der Waals surface area contributed by atoms with Gasteiger partial charge in [0.25, 0.3) is 0 Å². The third-order valence-electron chi connectivity index (χ3n) is 1.92. The van der Waals surface area contributed by atoms with Crippen LogP contribution in [0.5, 0.6) is 0 Å². The predicted molar refractivity (Wildman–Crippen MR) is 53.8 cm³/mol. The zero-order valence-electron chi connectivity index (χ0n) is 8.35. The maximum atomic E-state index is 10.3. The third-order valence-corrected chi connectivity index (χ3v) is 1.92. The summed E-state index contributed by atoms with van der Waals surface area (Å²) >= 11 is 0. The largest absolute Gasteiger partial charge is 0.481 e. The Hall–Kier alpha value is -1.46. The Morgan fingerprint density at radius 1 is 1.47 bits per heavy atom. The maximum absolute atomic E-state index is 10.3. The SMILES string of the molecule is NOCc1cccc(CCCC(=O)O)n1. The van der Waals surface area contributed by atoms with Gasteiger partial charge in [0, 0.05) is 12.1 Å². The van der Waals surface area contributed by atoms with Crippen LogP contribution in [-0.4, -0.2) is 16.1 Å². The van der Waals surface area contributed by atoms with Gasteiger partial charge in [0.1, 0.15) is 6.61 Å². The van der Waals surface area contributed by atoms with E-state index in [-0.39, 0.29) is 13.0 Å². The highest BCUT2D eigenvalue weighted by Crippen LogP contribution is 2.04. The average molecular weight is 210 g/mol. The molecule has 0 atom stereocenters. The van der Waals surface area contributed by atoms with E-state index in [4.69, 9.17) is 11.0 Å². The van der Waals surface area contributed by atoms with E-state index in [2.05, 4.69) is 9.82 Å². The second-order valence-electron chi connectivity index (χ2n) is 3.18. The normalized spacial score (nSPS) is 10.2. The van der Waals surface area contributed by atoms with Gasteiger partial charge < -0.3 is 5.11 Å². The molecule has 0 saturated heterocycles. The van der Waals surface area contributed by atoms with Crippen molar-refractivity contribution < 1.29 is 14.7 Å². The van der Waals surface area contributed by atoms with Crippen LogP contribution >= 0.6 is 0 Å². The topological polar surface area (TPSA) is 85.4 Å². The molecule has 5 heteroatoms. The molecule has 0 radical (unpaired) electrons. The van der Waals surface area contributed by atoms with E-state index in [9.17, 15) is 4.79 Å². The monoisotopic (exact) mass is 210 g/mol. The molecule has 0 aliphatic rings. The van der Waals surface area contributed by atoms with Crippen LogP contribution in [0.2, 0.25) is 0 Å². The van der Waals surface area contributed by atoms with E-state index < -0.39 is 5.97 Å². The van der Waals surface area contributed by atoms with Gasteiger partial charge in [-0.25, -0.2) is 5.90 Å². The molecule has 0 spiro atoms. The number of aliphatic carboxylic acids is 1. The fraction of sp³-hybridized carbons (Fsp3) is 0.400. The van der Waals surface area contributed by atoms with E-state index >= 15 is 0 Å². The first kappa shape index (κ1) is 11.6. The summed E-state index contributed by atoms with van der Waals surface area (Å²) in [5.74, 6) is 4.15. The Morgan fingerprint density at radius 2 is 2.20 bits per heavy atom. The Morgan fingerprint density at radius 3 is 2.87 bits per heavy atom. The van der Waals surface area contributed by atoms with E-state index in [1.165, 1.54) is 0 Å². The Labute approximate surface area is 87.8 Å². The fourth-order valence-corrected chi connectivity index (χ4v) is 1.25. The van der Waals surface area contributed by atoms with Crippen LogP contribution in [0.1, 0.15) is 24.2 Å². The summed E-state index contributed by atoms with van der Waals surface area (Å²) in [4.78, 5) is 19.0. The molecule has 0 aliphatic carbocycles. The molecule has 1 aromatic heterocycles. The minimum atomic E-state index is -0.781. The van der Waals surface area contributed by atoms with Crippen LogP contribution in [0.4, 0.5) is 0 Å². The summed E-state index contributed by atoms with van der Waals surface area (Å²) in [5, 5.41) is 8.47. The molecular weight excluding hydrogens is 196 g/mol. The van der Waals surface area contributed by atoms with Crippen LogP contribution in [0.15, 0.2) is 18.2 Å². The molecule has 5 nitrogen and oxygen atoms in total. The van der Waals surface area contributed by atoms with Crippen molar-refractivity contribution in [2.75, 3.05) is 0 Å². The van der Waals surface area contributed by atoms with Crippen molar-refractivity contribution in [3.63, 3.8) is 0 Å². The van der Waals surface area contributed by atoms with Crippen molar-refractivity contribution in [3.8, 4) is 0 Å². The van der Waals surface area contributed by atoms with Crippen LogP contribution < -0.4 is 5.90 Å². The van der Waals surface area contributed by atoms with Crippen LogP contribution in [0, 0.1) is 0 Å². The number of hydrogen-bond acceptors (Lipinski definition) is 4. The first-order valence-corrected chi connectivity index (χ1v) is 4.70. The van der Waals surface area contributed by atoms with Gasteiger partial charge in [-0.15, -0.1) is 0 Å². The standard InChI is InChI=1S/C10H14N2O3/c11-15-7-9-5-1-3-8(12-9)4-2-6-10(13)14/h1,3,5H,2,4,6-7,11H2,(H,13,14). The van der Waals surface area contributed by atoms with Crippen molar-refractivity contribution in [3.05, 3.63) is 29.6 Å². The number of aryl methyl sites for hydroxylation is 1. The van der Waals surface area contributed by atoms with Crippen LogP contribution in [0.3, 0.4) is 0 Å². The van der Waals surface area contributed by atoms with Gasteiger partial charge in [0.2, 0.25) is 0 Å². The number of rotatable bonds is 6. The third kappa shape index (κ3) is 4.53. The average Bonchev–Trinajstić information content (AvgIpc) is 2.18. The number of nitrogens with zero attached hydrogens (tertiary/aromatic N) is 1. The lowest BCUT2D eigenvalue weighted by Gasteiger charge is -2.02. The second-order valence-corrected chi connectivity index (χ2v) is 3.18. The molecule has 0 bridgehead atoms. The van der Waals surface area contributed by atoms with Gasteiger partial charge >= 0.3 is 5.97 Å². The lowest BCUT2D eigenvalue weighted by Crippen LogP contribution is -2.03. The molecule has 0 aromatic carbocycles. The van der Waals surface area contributed by atoms with Crippen molar-refractivity contribution in [2.45, 2.75) is 25.9 Å². The van der Waals surface area contributed by atoms with Crippen molar-refractivity contribution in [1.82, 2.24) is 4.98 Å². The highest BCUT2D eigenvalue weighted by molar-refractivity contribution is 5.66. The van der Waals surface area contributed by atoms with E-state index in [1.54, 1.807) is 0 Å². The maximum Gasteiger partial charge on any atom is 0.303 e. The first-order chi connectivity index (χ1) is 7.22. The molecule has 1 heterocycles. The highest BCUT2D eigenvalue weighted by Gasteiger charge is 2.00. The summed E-state index contributed by atoms with van der Waals surface area (Å²) in [6, 6.07) is 5.53. The van der Waals surface area contributed by atoms with Crippen molar-refractivity contribution in [2.24, 2.45) is 5.90 Å². The number of pyridine rings is 1. The van der Waals surface area contributed by atoms with E-state index in [1.807, 2.05) is 18.2 Å². The molecular formula is C10H14N2O3. The Balaban J connectivity index is 2.46. The Kier molecular flexibility index (Phi) is 4.73. The summed E-state index contributed by atoms with van der Waals surface area (Å²) in [5.41, 5.74) is 1.62. The molecule has 15 heavy (non-hydrogen) atoms. The quantitative estimate of drug-likeness (QED) is 0.681. The van der Waals surface area contributed by atoms with E-state index in [0.717, 1.165) is 11.4 Å². The van der Waals surface area contributed by atoms with Gasteiger partial charge in [0.15, 0.2) is 0 Å². The molecule has 0 saturated carbocycles. The molecule has 0 unspecified atom stereocenters. The van der Waals surface area contributed by atoms with Gasteiger partial charge in [0.05, 0.1) is 5.69 Å². The smallest absolute Gasteiger partial charge is 0.303 e. The van der Waals surface area contributed by atoms with Gasteiger partial charge in [-0.3, -0.25) is 14.6 Å². The molecule has 1 rings (SSSR count). The lowest BCUT2D eigenvalue weighted by atomic mass is 10.1. The highest BCUT2D eigenvalue weighted by atomic mass is 16.6. The number of nitrogens with two attached hydrogens (primary N) is 1. The zero-order valence-corrected chi connectivity index (χ0v) is 8.35.